The summed E-state index contributed by atoms with van der Waals surface area (Å²) in [6, 6.07) is 15.2. The lowest BCUT2D eigenvalue weighted by molar-refractivity contribution is 0.0848. The van der Waals surface area contributed by atoms with E-state index in [-0.39, 0.29) is 11.8 Å². The lowest BCUT2D eigenvalue weighted by atomic mass is 10.1. The normalized spacial score (nSPS) is 10.4. The summed E-state index contributed by atoms with van der Waals surface area (Å²) in [5.41, 5.74) is 9.01. The van der Waals surface area contributed by atoms with Crippen LogP contribution in [0.15, 0.2) is 48.5 Å². The van der Waals surface area contributed by atoms with E-state index in [1.54, 1.807) is 13.0 Å². The molecule has 0 aliphatic heterocycles. The molecule has 0 aliphatic carbocycles. The van der Waals surface area contributed by atoms with Crippen LogP contribution >= 0.6 is 11.3 Å². The van der Waals surface area contributed by atoms with Crippen LogP contribution < -0.4 is 10.9 Å². The van der Waals surface area contributed by atoms with Gasteiger partial charge in [-0.1, -0.05) is 48.0 Å². The van der Waals surface area contributed by atoms with Gasteiger partial charge in [-0.2, -0.15) is 0 Å². The van der Waals surface area contributed by atoms with E-state index < -0.39 is 0 Å². The maximum atomic E-state index is 12.4. The van der Waals surface area contributed by atoms with Crippen molar-refractivity contribution in [2.24, 2.45) is 0 Å². The molecule has 132 valence electrons. The van der Waals surface area contributed by atoms with Gasteiger partial charge in [0, 0.05) is 11.1 Å². The molecule has 0 aliphatic rings. The number of hydrogen-bond donors (Lipinski definition) is 2. The second kappa shape index (κ2) is 7.49. The standard InChI is InChI=1S/C20H19N3O2S/c1-12-9-10-16(13(2)11-12)18(24)22-23-19(25)17-14(3)21-20(26-17)15-7-5-4-6-8-15/h4-11H,1-3H3,(H,22,24)(H,23,25). The Kier molecular flexibility index (Phi) is 5.14. The Morgan fingerprint density at radius 1 is 0.923 bits per heavy atom. The first-order chi connectivity index (χ1) is 12.5. The number of aryl methyl sites for hydroxylation is 3. The van der Waals surface area contributed by atoms with Crippen molar-refractivity contribution in [2.45, 2.75) is 20.8 Å². The summed E-state index contributed by atoms with van der Waals surface area (Å²) in [7, 11) is 0. The monoisotopic (exact) mass is 365 g/mol. The largest absolute Gasteiger partial charge is 0.281 e. The highest BCUT2D eigenvalue weighted by atomic mass is 32.1. The smallest absolute Gasteiger partial charge is 0.267 e. The Balaban J connectivity index is 1.71. The third kappa shape index (κ3) is 3.81. The zero-order chi connectivity index (χ0) is 18.7. The predicted octanol–water partition coefficient (Wildman–Crippen LogP) is 3.81. The number of hydrogen-bond acceptors (Lipinski definition) is 4. The molecule has 2 N–H and O–H groups in total. The van der Waals surface area contributed by atoms with Crippen molar-refractivity contribution in [3.8, 4) is 10.6 Å². The van der Waals surface area contributed by atoms with Crippen molar-refractivity contribution in [3.05, 3.63) is 75.8 Å². The Labute approximate surface area is 156 Å². The van der Waals surface area contributed by atoms with E-state index in [0.29, 0.717) is 16.1 Å². The second-order valence-corrected chi connectivity index (χ2v) is 7.03. The van der Waals surface area contributed by atoms with Crippen LogP contribution in [-0.4, -0.2) is 16.8 Å². The summed E-state index contributed by atoms with van der Waals surface area (Å²) in [6.07, 6.45) is 0. The molecule has 0 spiro atoms. The van der Waals surface area contributed by atoms with Gasteiger partial charge in [-0.05, 0) is 32.4 Å². The van der Waals surface area contributed by atoms with Crippen LogP contribution in [0.2, 0.25) is 0 Å². The summed E-state index contributed by atoms with van der Waals surface area (Å²) in [4.78, 5) is 29.6. The van der Waals surface area contributed by atoms with Crippen LogP contribution in [0.5, 0.6) is 0 Å². The van der Waals surface area contributed by atoms with E-state index >= 15 is 0 Å². The van der Waals surface area contributed by atoms with Gasteiger partial charge < -0.3 is 0 Å². The molecule has 1 aromatic heterocycles. The van der Waals surface area contributed by atoms with Gasteiger partial charge in [0.2, 0.25) is 0 Å². The van der Waals surface area contributed by atoms with Gasteiger partial charge in [-0.15, -0.1) is 11.3 Å². The zero-order valence-electron chi connectivity index (χ0n) is 14.8. The molecule has 3 rings (SSSR count). The molecule has 26 heavy (non-hydrogen) atoms. The summed E-state index contributed by atoms with van der Waals surface area (Å²) < 4.78 is 0. The number of nitrogens with one attached hydrogen (secondary N) is 2. The number of amides is 2. The Morgan fingerprint density at radius 3 is 2.31 bits per heavy atom. The van der Waals surface area contributed by atoms with Crippen LogP contribution in [0, 0.1) is 20.8 Å². The minimum Gasteiger partial charge on any atom is -0.267 e. The number of carbonyl (C=O) groups excluding carboxylic acids is 2. The fraction of sp³-hybridized carbons (Fsp3) is 0.150. The third-order valence-electron chi connectivity index (χ3n) is 3.94. The van der Waals surface area contributed by atoms with E-state index in [1.807, 2.05) is 56.3 Å². The van der Waals surface area contributed by atoms with Gasteiger partial charge in [-0.25, -0.2) is 4.98 Å². The summed E-state index contributed by atoms with van der Waals surface area (Å²) in [5, 5.41) is 0.772. The van der Waals surface area contributed by atoms with Crippen molar-refractivity contribution >= 4 is 23.2 Å². The molecule has 0 atom stereocenters. The number of nitrogens with zero attached hydrogens (tertiary/aromatic N) is 1. The molecule has 0 bridgehead atoms. The lowest BCUT2D eigenvalue weighted by Gasteiger charge is -2.09. The number of thiazole rings is 1. The number of rotatable bonds is 3. The molecule has 0 saturated heterocycles. The van der Waals surface area contributed by atoms with E-state index in [4.69, 9.17) is 0 Å². The van der Waals surface area contributed by atoms with Crippen LogP contribution in [0.3, 0.4) is 0 Å². The third-order valence-corrected chi connectivity index (χ3v) is 5.14. The summed E-state index contributed by atoms with van der Waals surface area (Å²) >= 11 is 1.30. The van der Waals surface area contributed by atoms with Crippen LogP contribution in [0.1, 0.15) is 36.9 Å². The first-order valence-corrected chi connectivity index (χ1v) is 8.98. The number of hydrazine groups is 1. The van der Waals surface area contributed by atoms with E-state index in [9.17, 15) is 9.59 Å². The molecule has 3 aromatic rings. The number of carbonyl (C=O) groups is 2. The molecule has 1 heterocycles. The molecule has 2 amide bonds. The summed E-state index contributed by atoms with van der Waals surface area (Å²) in [6.45, 7) is 5.61. The number of benzene rings is 2. The van der Waals surface area contributed by atoms with Crippen molar-refractivity contribution < 1.29 is 9.59 Å². The second-order valence-electron chi connectivity index (χ2n) is 6.03. The van der Waals surface area contributed by atoms with Gasteiger partial charge in [0.1, 0.15) is 9.88 Å². The maximum absolute atomic E-state index is 12.4. The Bertz CT molecular complexity index is 964. The highest BCUT2D eigenvalue weighted by molar-refractivity contribution is 7.17. The Morgan fingerprint density at radius 2 is 1.62 bits per heavy atom. The summed E-state index contributed by atoms with van der Waals surface area (Å²) in [5.74, 6) is -0.721. The molecule has 0 saturated carbocycles. The first kappa shape index (κ1) is 17.8. The van der Waals surface area contributed by atoms with Crippen LogP contribution in [-0.2, 0) is 0 Å². The average molecular weight is 365 g/mol. The fourth-order valence-corrected chi connectivity index (χ4v) is 3.58. The zero-order valence-corrected chi connectivity index (χ0v) is 15.6. The van der Waals surface area contributed by atoms with Crippen molar-refractivity contribution in [1.82, 2.24) is 15.8 Å². The quantitative estimate of drug-likeness (QED) is 0.693. The minimum atomic E-state index is -0.375. The topological polar surface area (TPSA) is 71.1 Å². The SMILES string of the molecule is Cc1ccc(C(=O)NNC(=O)c2sc(-c3ccccc3)nc2C)c(C)c1. The molecule has 0 fully saturated rings. The predicted molar refractivity (Wildman–Crippen MR) is 103 cm³/mol. The van der Waals surface area contributed by atoms with Gasteiger partial charge in [-0.3, -0.25) is 20.4 Å². The van der Waals surface area contributed by atoms with Gasteiger partial charge in [0.05, 0.1) is 5.69 Å². The van der Waals surface area contributed by atoms with Crippen molar-refractivity contribution in [1.29, 1.82) is 0 Å². The number of aromatic nitrogens is 1. The first-order valence-electron chi connectivity index (χ1n) is 8.16. The molecule has 5 nitrogen and oxygen atoms in total. The highest BCUT2D eigenvalue weighted by Gasteiger charge is 2.17. The molecule has 0 unspecified atom stereocenters. The highest BCUT2D eigenvalue weighted by Crippen LogP contribution is 2.27. The van der Waals surface area contributed by atoms with Crippen molar-refractivity contribution in [3.63, 3.8) is 0 Å². The minimum absolute atomic E-state index is 0.346. The van der Waals surface area contributed by atoms with Gasteiger partial charge in [0.25, 0.3) is 11.8 Å². The van der Waals surface area contributed by atoms with Gasteiger partial charge in [0.15, 0.2) is 0 Å². The van der Waals surface area contributed by atoms with Gasteiger partial charge >= 0.3 is 0 Å². The van der Waals surface area contributed by atoms with Crippen LogP contribution in [0.25, 0.3) is 10.6 Å². The van der Waals surface area contributed by atoms with E-state index in [2.05, 4.69) is 15.8 Å². The maximum Gasteiger partial charge on any atom is 0.281 e. The molecule has 2 aromatic carbocycles. The van der Waals surface area contributed by atoms with E-state index in [0.717, 1.165) is 21.7 Å². The molecular weight excluding hydrogens is 346 g/mol. The molecule has 6 heteroatoms. The van der Waals surface area contributed by atoms with Crippen molar-refractivity contribution in [2.75, 3.05) is 0 Å². The lowest BCUT2D eigenvalue weighted by Crippen LogP contribution is -2.41. The Hall–Kier alpha value is -2.99. The molecular formula is C20H19N3O2S. The van der Waals surface area contributed by atoms with E-state index in [1.165, 1.54) is 11.3 Å². The van der Waals surface area contributed by atoms with Crippen LogP contribution in [0.4, 0.5) is 0 Å². The fourth-order valence-electron chi connectivity index (χ4n) is 2.62. The average Bonchev–Trinajstić information content (AvgIpc) is 3.02. The molecule has 0 radical (unpaired) electrons.